The van der Waals surface area contributed by atoms with Crippen LogP contribution in [-0.4, -0.2) is 30.3 Å². The maximum atomic E-state index is 12.0. The van der Waals surface area contributed by atoms with E-state index < -0.39 is 16.7 Å². The van der Waals surface area contributed by atoms with E-state index in [-0.39, 0.29) is 5.76 Å². The largest absolute Gasteiger partial charge is 0.486 e. The quantitative estimate of drug-likeness (QED) is 0.521. The van der Waals surface area contributed by atoms with E-state index in [0.29, 0.717) is 30.3 Å². The van der Waals surface area contributed by atoms with Crippen molar-refractivity contribution in [1.29, 1.82) is 0 Å². The van der Waals surface area contributed by atoms with Gasteiger partial charge in [0, 0.05) is 5.56 Å². The molecule has 23 heavy (non-hydrogen) atoms. The van der Waals surface area contributed by atoms with Crippen LogP contribution in [-0.2, 0) is 0 Å². The van der Waals surface area contributed by atoms with Crippen LogP contribution in [0.4, 0.5) is 5.88 Å². The van der Waals surface area contributed by atoms with Crippen LogP contribution in [0.2, 0.25) is 0 Å². The lowest BCUT2D eigenvalue weighted by Crippen LogP contribution is -2.19. The van der Waals surface area contributed by atoms with Crippen molar-refractivity contribution in [3.05, 3.63) is 51.8 Å². The first-order valence-electron chi connectivity index (χ1n) is 6.61. The van der Waals surface area contributed by atoms with Gasteiger partial charge >= 0.3 is 5.88 Å². The average Bonchev–Trinajstić information content (AvgIpc) is 3.03. The first-order valence-corrected chi connectivity index (χ1v) is 6.61. The SMILES string of the molecule is O=C(N/N=C\c1ccc([N+](=O)[O-])o1)c1ccc2c(c1)OCCO2. The average molecular weight is 317 g/mol. The van der Waals surface area contributed by atoms with E-state index in [0.717, 1.165) is 0 Å². The maximum absolute atomic E-state index is 12.0. The van der Waals surface area contributed by atoms with Crippen molar-refractivity contribution < 1.29 is 23.6 Å². The summed E-state index contributed by atoms with van der Waals surface area (Å²) < 4.78 is 15.6. The van der Waals surface area contributed by atoms with Crippen LogP contribution in [0.3, 0.4) is 0 Å². The topological polar surface area (TPSA) is 116 Å². The van der Waals surface area contributed by atoms with E-state index in [4.69, 9.17) is 13.9 Å². The minimum absolute atomic E-state index is 0.152. The molecule has 0 atom stereocenters. The molecule has 3 rings (SSSR count). The molecular weight excluding hydrogens is 306 g/mol. The summed E-state index contributed by atoms with van der Waals surface area (Å²) in [7, 11) is 0. The van der Waals surface area contributed by atoms with Gasteiger partial charge in [0.25, 0.3) is 5.91 Å². The van der Waals surface area contributed by atoms with Crippen molar-refractivity contribution in [2.24, 2.45) is 5.10 Å². The van der Waals surface area contributed by atoms with E-state index in [9.17, 15) is 14.9 Å². The number of furan rings is 1. The first kappa shape index (κ1) is 14.6. The lowest BCUT2D eigenvalue weighted by molar-refractivity contribution is -0.402. The van der Waals surface area contributed by atoms with Gasteiger partial charge in [-0.3, -0.25) is 14.9 Å². The molecule has 0 saturated carbocycles. The molecule has 0 spiro atoms. The second-order valence-corrected chi connectivity index (χ2v) is 4.49. The summed E-state index contributed by atoms with van der Waals surface area (Å²) >= 11 is 0. The number of benzene rings is 1. The molecule has 2 aromatic rings. The van der Waals surface area contributed by atoms with Gasteiger partial charge in [0.15, 0.2) is 17.3 Å². The Bertz CT molecular complexity index is 783. The van der Waals surface area contributed by atoms with Crippen LogP contribution >= 0.6 is 0 Å². The van der Waals surface area contributed by atoms with E-state index in [1.54, 1.807) is 18.2 Å². The molecule has 9 heteroatoms. The number of nitrogens with one attached hydrogen (secondary N) is 1. The number of nitrogens with zero attached hydrogens (tertiary/aromatic N) is 2. The summed E-state index contributed by atoms with van der Waals surface area (Å²) in [5, 5.41) is 14.2. The third-order valence-corrected chi connectivity index (χ3v) is 2.95. The predicted molar refractivity (Wildman–Crippen MR) is 77.9 cm³/mol. The smallest absolute Gasteiger partial charge is 0.433 e. The van der Waals surface area contributed by atoms with Gasteiger partial charge in [0.2, 0.25) is 0 Å². The number of carbonyl (C=O) groups excluding carboxylic acids is 1. The van der Waals surface area contributed by atoms with Crippen molar-refractivity contribution in [3.63, 3.8) is 0 Å². The van der Waals surface area contributed by atoms with Gasteiger partial charge in [0.1, 0.15) is 18.1 Å². The molecule has 0 saturated heterocycles. The van der Waals surface area contributed by atoms with Gasteiger partial charge in [-0.15, -0.1) is 0 Å². The number of hydrogen-bond acceptors (Lipinski definition) is 7. The van der Waals surface area contributed by atoms with E-state index in [2.05, 4.69) is 10.5 Å². The fraction of sp³-hybridized carbons (Fsp3) is 0.143. The summed E-state index contributed by atoms with van der Waals surface area (Å²) in [6.45, 7) is 0.894. The normalized spacial score (nSPS) is 13.0. The Balaban J connectivity index is 1.64. The Morgan fingerprint density at radius 1 is 1.22 bits per heavy atom. The van der Waals surface area contributed by atoms with E-state index >= 15 is 0 Å². The number of hydrogen-bond donors (Lipinski definition) is 1. The monoisotopic (exact) mass is 317 g/mol. The molecule has 1 aliphatic rings. The van der Waals surface area contributed by atoms with Gasteiger partial charge in [0.05, 0.1) is 12.3 Å². The molecule has 1 amide bonds. The summed E-state index contributed by atoms with van der Waals surface area (Å²) in [5.74, 6) is 0.372. The Morgan fingerprint density at radius 2 is 2.00 bits per heavy atom. The predicted octanol–water partition coefficient (Wildman–Crippen LogP) is 1.72. The van der Waals surface area contributed by atoms with Gasteiger partial charge in [-0.1, -0.05) is 0 Å². The number of carbonyl (C=O) groups is 1. The van der Waals surface area contributed by atoms with E-state index in [1.807, 2.05) is 0 Å². The molecule has 0 bridgehead atoms. The van der Waals surface area contributed by atoms with E-state index in [1.165, 1.54) is 18.3 Å². The van der Waals surface area contributed by atoms with Crippen molar-refractivity contribution in [2.45, 2.75) is 0 Å². The van der Waals surface area contributed by atoms with Gasteiger partial charge in [-0.05, 0) is 24.3 Å². The van der Waals surface area contributed by atoms with Crippen molar-refractivity contribution in [2.75, 3.05) is 13.2 Å². The van der Waals surface area contributed by atoms with Crippen LogP contribution in [0.15, 0.2) is 39.9 Å². The lowest BCUT2D eigenvalue weighted by atomic mass is 10.2. The third kappa shape index (κ3) is 3.28. The molecule has 0 fully saturated rings. The summed E-state index contributed by atoms with van der Waals surface area (Å²) in [5.41, 5.74) is 2.64. The number of nitro groups is 1. The Kier molecular flexibility index (Phi) is 3.91. The summed E-state index contributed by atoms with van der Waals surface area (Å²) in [6, 6.07) is 7.35. The highest BCUT2D eigenvalue weighted by molar-refractivity contribution is 5.95. The zero-order chi connectivity index (χ0) is 16.2. The van der Waals surface area contributed by atoms with Crippen LogP contribution in [0.1, 0.15) is 16.1 Å². The Morgan fingerprint density at radius 3 is 2.74 bits per heavy atom. The second-order valence-electron chi connectivity index (χ2n) is 4.49. The number of rotatable bonds is 4. The van der Waals surface area contributed by atoms with Crippen LogP contribution in [0.25, 0.3) is 0 Å². The van der Waals surface area contributed by atoms with Crippen LogP contribution < -0.4 is 14.9 Å². The number of fused-ring (bicyclic) bond motifs is 1. The minimum Gasteiger partial charge on any atom is -0.486 e. The molecular formula is C14H11N3O6. The molecule has 0 aliphatic carbocycles. The second kappa shape index (κ2) is 6.18. The zero-order valence-corrected chi connectivity index (χ0v) is 11.7. The van der Waals surface area contributed by atoms with Crippen molar-refractivity contribution >= 4 is 18.0 Å². The molecule has 9 nitrogen and oxygen atoms in total. The minimum atomic E-state index is -0.662. The third-order valence-electron chi connectivity index (χ3n) is 2.95. The highest BCUT2D eigenvalue weighted by Gasteiger charge is 2.15. The fourth-order valence-electron chi connectivity index (χ4n) is 1.91. The number of ether oxygens (including phenoxy) is 2. The Labute approximate surface area is 129 Å². The summed E-state index contributed by atoms with van der Waals surface area (Å²) in [4.78, 5) is 21.8. The number of amides is 1. The molecule has 2 heterocycles. The molecule has 0 radical (unpaired) electrons. The molecule has 1 aromatic carbocycles. The van der Waals surface area contributed by atoms with Gasteiger partial charge in [-0.25, -0.2) is 5.43 Å². The van der Waals surface area contributed by atoms with Crippen molar-refractivity contribution in [3.8, 4) is 11.5 Å². The summed E-state index contributed by atoms with van der Waals surface area (Å²) in [6.07, 6.45) is 1.17. The zero-order valence-electron chi connectivity index (χ0n) is 11.7. The van der Waals surface area contributed by atoms with Gasteiger partial charge in [-0.2, -0.15) is 5.10 Å². The Hall–Kier alpha value is -3.36. The first-order chi connectivity index (χ1) is 11.1. The molecule has 1 N–H and O–H groups in total. The van der Waals surface area contributed by atoms with Crippen LogP contribution in [0.5, 0.6) is 11.5 Å². The molecule has 118 valence electrons. The highest BCUT2D eigenvalue weighted by Crippen LogP contribution is 2.30. The van der Waals surface area contributed by atoms with Gasteiger partial charge < -0.3 is 13.9 Å². The van der Waals surface area contributed by atoms with Crippen molar-refractivity contribution in [1.82, 2.24) is 5.43 Å². The molecule has 1 aromatic heterocycles. The number of hydrazone groups is 1. The maximum Gasteiger partial charge on any atom is 0.433 e. The fourth-order valence-corrected chi connectivity index (χ4v) is 1.91. The molecule has 1 aliphatic heterocycles. The molecule has 0 unspecified atom stereocenters. The standard InChI is InChI=1S/C14H11N3O6/c18-14(9-1-3-11-12(7-9)22-6-5-21-11)16-15-8-10-2-4-13(23-10)17(19)20/h1-4,7-8H,5-6H2,(H,16,18)/b15-8-. The van der Waals surface area contributed by atoms with Crippen LogP contribution in [0, 0.1) is 10.1 Å². The lowest BCUT2D eigenvalue weighted by Gasteiger charge is -2.18. The highest BCUT2D eigenvalue weighted by atomic mass is 16.6.